The molecule has 0 aliphatic rings. The number of aryl methyl sites for hydroxylation is 4. The van der Waals surface area contributed by atoms with E-state index in [2.05, 4.69) is 27.6 Å². The number of rotatable bonds is 8. The molecule has 2 aromatic heterocycles. The first kappa shape index (κ1) is 23.1. The molecular formula is C24H27N7O3. The number of tetrazole rings is 1. The molecule has 4 aromatic rings. The predicted molar refractivity (Wildman–Crippen MR) is 128 cm³/mol. The van der Waals surface area contributed by atoms with Crippen LogP contribution in [-0.2, 0) is 26.6 Å². The van der Waals surface area contributed by atoms with Gasteiger partial charge in [0.1, 0.15) is 18.9 Å². The van der Waals surface area contributed by atoms with Gasteiger partial charge >= 0.3 is 5.69 Å². The zero-order chi connectivity index (χ0) is 24.4. The summed E-state index contributed by atoms with van der Waals surface area (Å²) in [6, 6.07) is 11.6. The highest BCUT2D eigenvalue weighted by atomic mass is 16.5. The van der Waals surface area contributed by atoms with Gasteiger partial charge in [-0.2, -0.15) is 19.4 Å². The summed E-state index contributed by atoms with van der Waals surface area (Å²) in [5, 5.41) is 15.4. The van der Waals surface area contributed by atoms with Crippen LogP contribution in [0.15, 0.2) is 46.4 Å². The average Bonchev–Trinajstić information content (AvgIpc) is 3.31. The van der Waals surface area contributed by atoms with E-state index in [0.717, 1.165) is 51.5 Å². The van der Waals surface area contributed by atoms with Crippen molar-refractivity contribution in [2.75, 3.05) is 0 Å². The Labute approximate surface area is 196 Å². The molecule has 0 saturated carbocycles. The molecule has 0 radical (unpaired) electrons. The number of nitrogens with zero attached hydrogens (tertiary/aromatic N) is 7. The molecule has 0 saturated heterocycles. The van der Waals surface area contributed by atoms with Gasteiger partial charge in [0.05, 0.1) is 17.1 Å². The van der Waals surface area contributed by atoms with E-state index in [1.54, 1.807) is 7.05 Å². The Morgan fingerprint density at radius 1 is 1.03 bits per heavy atom. The summed E-state index contributed by atoms with van der Waals surface area (Å²) in [5.74, 6) is 0.725. The number of hydrogen-bond acceptors (Lipinski definition) is 7. The average molecular weight is 462 g/mol. The van der Waals surface area contributed by atoms with Crippen LogP contribution >= 0.6 is 0 Å². The summed E-state index contributed by atoms with van der Waals surface area (Å²) in [5.41, 5.74) is 6.64. The Kier molecular flexibility index (Phi) is 6.40. The van der Waals surface area contributed by atoms with E-state index in [1.165, 1.54) is 9.36 Å². The molecular weight excluding hydrogens is 434 g/mol. The fourth-order valence-corrected chi connectivity index (χ4v) is 4.08. The van der Waals surface area contributed by atoms with Gasteiger partial charge in [-0.25, -0.2) is 9.48 Å². The molecule has 0 amide bonds. The van der Waals surface area contributed by atoms with Crippen LogP contribution in [0.25, 0.3) is 11.4 Å². The SMILES string of the molecule is CCc1cccc(-n2nnn(C)c2=O)c1COc1ccc(-n2nc(C)c(CN=O)c2C)cc1C. The Morgan fingerprint density at radius 3 is 2.47 bits per heavy atom. The molecule has 10 nitrogen and oxygen atoms in total. The minimum absolute atomic E-state index is 0.103. The highest BCUT2D eigenvalue weighted by Crippen LogP contribution is 2.26. The van der Waals surface area contributed by atoms with Gasteiger partial charge in [0.2, 0.25) is 0 Å². The second-order valence-corrected chi connectivity index (χ2v) is 8.15. The lowest BCUT2D eigenvalue weighted by molar-refractivity contribution is 0.302. The first-order valence-corrected chi connectivity index (χ1v) is 11.0. The zero-order valence-corrected chi connectivity index (χ0v) is 19.9. The minimum atomic E-state index is -0.316. The molecule has 0 unspecified atom stereocenters. The van der Waals surface area contributed by atoms with Crippen molar-refractivity contribution < 1.29 is 4.74 Å². The third-order valence-electron chi connectivity index (χ3n) is 6.02. The maximum absolute atomic E-state index is 12.4. The minimum Gasteiger partial charge on any atom is -0.489 e. The van der Waals surface area contributed by atoms with Crippen LogP contribution in [0.1, 0.15) is 40.6 Å². The molecule has 4 rings (SSSR count). The van der Waals surface area contributed by atoms with Crippen molar-refractivity contribution in [1.82, 2.24) is 29.6 Å². The Balaban J connectivity index is 1.63. The van der Waals surface area contributed by atoms with Gasteiger partial charge < -0.3 is 4.74 Å². The summed E-state index contributed by atoms with van der Waals surface area (Å²) in [6.45, 7) is 8.21. The third-order valence-corrected chi connectivity index (χ3v) is 6.02. The molecule has 0 aliphatic carbocycles. The molecule has 2 aromatic carbocycles. The summed E-state index contributed by atoms with van der Waals surface area (Å²) in [6.07, 6.45) is 0.787. The van der Waals surface area contributed by atoms with Gasteiger partial charge in [0.25, 0.3) is 0 Å². The van der Waals surface area contributed by atoms with Crippen LogP contribution in [-0.4, -0.2) is 29.6 Å². The van der Waals surface area contributed by atoms with Crippen molar-refractivity contribution in [3.8, 4) is 17.1 Å². The van der Waals surface area contributed by atoms with E-state index in [9.17, 15) is 9.70 Å². The van der Waals surface area contributed by atoms with Gasteiger partial charge in [-0.3, -0.25) is 0 Å². The molecule has 34 heavy (non-hydrogen) atoms. The predicted octanol–water partition coefficient (Wildman–Crippen LogP) is 3.48. The summed E-state index contributed by atoms with van der Waals surface area (Å²) in [7, 11) is 1.57. The monoisotopic (exact) mass is 461 g/mol. The van der Waals surface area contributed by atoms with Gasteiger partial charge in [0.15, 0.2) is 0 Å². The van der Waals surface area contributed by atoms with Crippen LogP contribution in [0.4, 0.5) is 0 Å². The maximum Gasteiger partial charge on any atom is 0.368 e. The van der Waals surface area contributed by atoms with Crippen molar-refractivity contribution in [2.45, 2.75) is 47.3 Å². The third kappa shape index (κ3) is 4.14. The maximum atomic E-state index is 12.4. The molecule has 0 spiro atoms. The van der Waals surface area contributed by atoms with Gasteiger partial charge in [-0.1, -0.05) is 24.2 Å². The van der Waals surface area contributed by atoms with E-state index in [1.807, 2.05) is 61.9 Å². The number of nitroso groups, excluding NO2 is 1. The lowest BCUT2D eigenvalue weighted by atomic mass is 10.0. The first-order valence-electron chi connectivity index (χ1n) is 11.0. The lowest BCUT2D eigenvalue weighted by Crippen LogP contribution is -2.23. The van der Waals surface area contributed by atoms with Crippen LogP contribution in [0.3, 0.4) is 0 Å². The van der Waals surface area contributed by atoms with E-state index >= 15 is 0 Å². The van der Waals surface area contributed by atoms with E-state index < -0.39 is 0 Å². The fourth-order valence-electron chi connectivity index (χ4n) is 4.08. The number of ether oxygens (including phenoxy) is 1. The zero-order valence-electron chi connectivity index (χ0n) is 19.9. The standard InChI is InChI=1S/C24H27N7O3/c1-6-18-8-7-9-22(31-24(32)29(5)27-28-31)21(18)14-34-23-11-10-19(12-15(23)2)30-17(4)20(13-25-33)16(3)26-30/h7-12H,6,13-14H2,1-5H3. The van der Waals surface area contributed by atoms with E-state index in [0.29, 0.717) is 5.69 Å². The second kappa shape index (κ2) is 9.42. The largest absolute Gasteiger partial charge is 0.489 e. The smallest absolute Gasteiger partial charge is 0.368 e. The summed E-state index contributed by atoms with van der Waals surface area (Å²) >= 11 is 0. The van der Waals surface area contributed by atoms with Crippen molar-refractivity contribution in [3.63, 3.8) is 0 Å². The first-order chi connectivity index (χ1) is 16.3. The van der Waals surface area contributed by atoms with Crippen LogP contribution in [0.2, 0.25) is 0 Å². The van der Waals surface area contributed by atoms with Gasteiger partial charge in [-0.15, -0.1) is 0 Å². The summed E-state index contributed by atoms with van der Waals surface area (Å²) in [4.78, 5) is 23.2. The molecule has 0 aliphatic heterocycles. The molecule has 0 atom stereocenters. The van der Waals surface area contributed by atoms with Gasteiger partial charge in [0, 0.05) is 23.9 Å². The van der Waals surface area contributed by atoms with Crippen LogP contribution in [0, 0.1) is 25.7 Å². The topological polar surface area (TPSA) is 109 Å². The lowest BCUT2D eigenvalue weighted by Gasteiger charge is -2.16. The molecule has 2 heterocycles. The fraction of sp³-hybridized carbons (Fsp3) is 0.333. The van der Waals surface area contributed by atoms with E-state index in [4.69, 9.17) is 4.74 Å². The van der Waals surface area contributed by atoms with Gasteiger partial charge in [-0.05, 0) is 73.0 Å². The summed E-state index contributed by atoms with van der Waals surface area (Å²) < 4.78 is 10.5. The van der Waals surface area contributed by atoms with Crippen molar-refractivity contribution in [1.29, 1.82) is 0 Å². The Morgan fingerprint density at radius 2 is 1.82 bits per heavy atom. The number of aromatic nitrogens is 6. The molecule has 0 bridgehead atoms. The molecule has 0 N–H and O–H groups in total. The number of hydrogen-bond donors (Lipinski definition) is 0. The van der Waals surface area contributed by atoms with Crippen LogP contribution in [0.5, 0.6) is 5.75 Å². The molecule has 0 fully saturated rings. The molecule has 10 heteroatoms. The van der Waals surface area contributed by atoms with Crippen molar-refractivity contribution in [3.05, 3.63) is 85.4 Å². The second-order valence-electron chi connectivity index (χ2n) is 8.15. The normalized spacial score (nSPS) is 11.1. The quantitative estimate of drug-likeness (QED) is 0.372. The highest BCUT2D eigenvalue weighted by molar-refractivity contribution is 5.47. The Bertz CT molecular complexity index is 1410. The number of benzene rings is 2. The van der Waals surface area contributed by atoms with Crippen molar-refractivity contribution in [2.24, 2.45) is 12.2 Å². The molecule has 176 valence electrons. The van der Waals surface area contributed by atoms with E-state index in [-0.39, 0.29) is 18.8 Å². The van der Waals surface area contributed by atoms with Crippen molar-refractivity contribution >= 4 is 0 Å². The van der Waals surface area contributed by atoms with Crippen LogP contribution < -0.4 is 10.4 Å². The highest BCUT2D eigenvalue weighted by Gasteiger charge is 2.16. The Hall–Kier alpha value is -4.08.